The number of alkyl halides is 1. The van der Waals surface area contributed by atoms with Gasteiger partial charge in [-0.25, -0.2) is 0 Å². The van der Waals surface area contributed by atoms with Gasteiger partial charge >= 0.3 is 0 Å². The average molecular weight is 321 g/mol. The van der Waals surface area contributed by atoms with Crippen LogP contribution in [-0.4, -0.2) is 16.7 Å². The largest absolute Gasteiger partial charge is 0.396 e. The van der Waals surface area contributed by atoms with Crippen molar-refractivity contribution < 1.29 is 25.4 Å². The minimum Gasteiger partial charge on any atom is -0.396 e. The van der Waals surface area contributed by atoms with Crippen molar-refractivity contribution in [3.05, 3.63) is 0 Å². The van der Waals surface area contributed by atoms with Gasteiger partial charge in [-0.05, 0) is 0 Å². The summed E-state index contributed by atoms with van der Waals surface area (Å²) in [5.41, 5.74) is -0.247. The molecule has 0 radical (unpaired) electrons. The average Bonchev–Trinajstić information content (AvgIpc) is 1.86. The zero-order chi connectivity index (χ0) is 7.49. The van der Waals surface area contributed by atoms with Crippen molar-refractivity contribution in [2.45, 2.75) is 18.9 Å². The summed E-state index contributed by atoms with van der Waals surface area (Å²) in [6.07, 6.45) is 0. The van der Waals surface area contributed by atoms with Gasteiger partial charge in [0.2, 0.25) is 0 Å². The second kappa shape index (κ2) is 5.95. The van der Waals surface area contributed by atoms with Crippen molar-refractivity contribution in [2.75, 3.05) is 6.61 Å². The van der Waals surface area contributed by atoms with Crippen LogP contribution < -0.4 is 0 Å². The van der Waals surface area contributed by atoms with Crippen molar-refractivity contribution in [3.8, 4) is 0 Å². The molecule has 0 aliphatic rings. The van der Waals surface area contributed by atoms with E-state index in [4.69, 9.17) is 8.93 Å². The summed E-state index contributed by atoms with van der Waals surface area (Å²) in [4.78, 5) is 0. The number of rotatable bonds is 3. The zero-order valence-corrected chi connectivity index (χ0v) is 9.87. The molecule has 1 unspecified atom stereocenters. The van der Waals surface area contributed by atoms with Gasteiger partial charge < -0.3 is 5.11 Å². The molecule has 0 aromatic carbocycles. The van der Waals surface area contributed by atoms with Gasteiger partial charge in [0.15, 0.2) is 0 Å². The predicted octanol–water partition coefficient (Wildman–Crippen LogP) is 2.05. The molecule has 0 bridgehead atoms. The van der Waals surface area contributed by atoms with E-state index in [-0.39, 0.29) is 33.5 Å². The molecule has 10 heavy (non-hydrogen) atoms. The molecule has 0 heterocycles. The SMILES string of the molecule is CC(C)(CO)C(Br)OBr.[Ni]. The van der Waals surface area contributed by atoms with Gasteiger partial charge in [-0.2, -0.15) is 0 Å². The van der Waals surface area contributed by atoms with E-state index in [1.807, 2.05) is 13.8 Å². The first kappa shape index (κ1) is 13.9. The van der Waals surface area contributed by atoms with E-state index >= 15 is 0 Å². The topological polar surface area (TPSA) is 29.5 Å². The molecule has 0 spiro atoms. The van der Waals surface area contributed by atoms with Crippen LogP contribution in [0.5, 0.6) is 0 Å². The van der Waals surface area contributed by atoms with E-state index in [0.717, 1.165) is 0 Å². The summed E-state index contributed by atoms with van der Waals surface area (Å²) >= 11 is 6.06. The van der Waals surface area contributed by atoms with Gasteiger partial charge in [0.25, 0.3) is 0 Å². The second-order valence-electron chi connectivity index (χ2n) is 2.55. The minimum absolute atomic E-state index is 0. The maximum atomic E-state index is 8.76. The Bertz CT molecular complexity index is 89.7. The zero-order valence-electron chi connectivity index (χ0n) is 5.71. The standard InChI is InChI=1S/C5H10Br2O2.Ni/c1-5(2,3-8)4(6)9-7;/h4,8H,3H2,1-2H3;. The normalized spacial score (nSPS) is 14.1. The number of aliphatic hydroxyl groups excluding tert-OH is 1. The first-order valence-corrected chi connectivity index (χ1v) is 4.13. The van der Waals surface area contributed by atoms with Crippen molar-refractivity contribution in [2.24, 2.45) is 5.41 Å². The fraction of sp³-hybridized carbons (Fsp3) is 1.00. The fourth-order valence-corrected chi connectivity index (χ4v) is 0.843. The molecule has 0 aliphatic heterocycles. The molecular formula is C5H10Br2NiO2. The monoisotopic (exact) mass is 318 g/mol. The summed E-state index contributed by atoms with van der Waals surface area (Å²) in [5, 5.41) is 8.61. The Morgan fingerprint density at radius 1 is 1.60 bits per heavy atom. The van der Waals surface area contributed by atoms with Crippen molar-refractivity contribution >= 4 is 32.2 Å². The molecule has 0 amide bonds. The molecule has 1 atom stereocenters. The third-order valence-corrected chi connectivity index (χ3v) is 3.40. The Balaban J connectivity index is 0. The van der Waals surface area contributed by atoms with Crippen LogP contribution in [-0.2, 0) is 20.3 Å². The maximum absolute atomic E-state index is 8.76. The van der Waals surface area contributed by atoms with Crippen LogP contribution in [0, 0.1) is 5.41 Å². The van der Waals surface area contributed by atoms with Crippen LogP contribution in [0.25, 0.3) is 0 Å². The van der Waals surface area contributed by atoms with E-state index in [0.29, 0.717) is 0 Å². The summed E-state index contributed by atoms with van der Waals surface area (Å²) in [7, 11) is 0. The Hall–Kier alpha value is 1.37. The van der Waals surface area contributed by atoms with Crippen LogP contribution in [0.1, 0.15) is 13.8 Å². The Morgan fingerprint density at radius 2 is 2.00 bits per heavy atom. The Kier molecular flexibility index (Phi) is 8.29. The van der Waals surface area contributed by atoms with Gasteiger partial charge in [0.05, 0.1) is 22.9 Å². The van der Waals surface area contributed by atoms with Crippen molar-refractivity contribution in [1.29, 1.82) is 0 Å². The molecular weight excluding hydrogens is 311 g/mol. The van der Waals surface area contributed by atoms with Gasteiger partial charge in [-0.1, -0.05) is 29.8 Å². The van der Waals surface area contributed by atoms with Crippen LogP contribution in [0.3, 0.4) is 0 Å². The van der Waals surface area contributed by atoms with E-state index in [1.165, 1.54) is 0 Å². The molecule has 0 saturated carbocycles. The van der Waals surface area contributed by atoms with Gasteiger partial charge in [0.1, 0.15) is 5.01 Å². The van der Waals surface area contributed by atoms with Crippen LogP contribution >= 0.6 is 32.2 Å². The van der Waals surface area contributed by atoms with Crippen molar-refractivity contribution in [1.82, 2.24) is 0 Å². The number of hydrogen-bond acceptors (Lipinski definition) is 2. The quantitative estimate of drug-likeness (QED) is 0.637. The molecule has 0 aromatic rings. The molecule has 1 N–H and O–H groups in total. The Labute approximate surface area is 88.2 Å². The minimum atomic E-state index is -0.247. The van der Waals surface area contributed by atoms with E-state index in [1.54, 1.807) is 0 Å². The third-order valence-electron chi connectivity index (χ3n) is 1.10. The van der Waals surface area contributed by atoms with Crippen LogP contribution in [0.15, 0.2) is 0 Å². The second-order valence-corrected chi connectivity index (χ2v) is 3.76. The molecule has 0 fully saturated rings. The number of hydrogen-bond donors (Lipinski definition) is 1. The molecule has 0 aromatic heterocycles. The van der Waals surface area contributed by atoms with Crippen molar-refractivity contribution in [3.63, 3.8) is 0 Å². The van der Waals surface area contributed by atoms with E-state index < -0.39 is 0 Å². The summed E-state index contributed by atoms with van der Waals surface area (Å²) in [5.74, 6) is 0. The number of halogens is 2. The molecule has 0 saturated heterocycles. The molecule has 5 heteroatoms. The smallest absolute Gasteiger partial charge is 0.134 e. The van der Waals surface area contributed by atoms with Gasteiger partial charge in [0, 0.05) is 21.9 Å². The maximum Gasteiger partial charge on any atom is 0.134 e. The van der Waals surface area contributed by atoms with E-state index in [2.05, 4.69) is 32.2 Å². The Morgan fingerprint density at radius 3 is 2.10 bits per heavy atom. The molecule has 0 aliphatic carbocycles. The van der Waals surface area contributed by atoms with E-state index in [9.17, 15) is 0 Å². The molecule has 0 rings (SSSR count). The first-order chi connectivity index (χ1) is 4.04. The fourth-order valence-electron chi connectivity index (χ4n) is 0.192. The third kappa shape index (κ3) is 4.29. The predicted molar refractivity (Wildman–Crippen MR) is 43.6 cm³/mol. The first-order valence-electron chi connectivity index (χ1n) is 2.57. The number of aliphatic hydroxyl groups is 1. The summed E-state index contributed by atoms with van der Waals surface area (Å²) < 4.78 is 4.78. The molecule has 66 valence electrons. The summed E-state index contributed by atoms with van der Waals surface area (Å²) in [6, 6.07) is 0. The molecule has 2 nitrogen and oxygen atoms in total. The van der Waals surface area contributed by atoms with Crippen LogP contribution in [0.2, 0.25) is 0 Å². The summed E-state index contributed by atoms with van der Waals surface area (Å²) in [6.45, 7) is 3.88. The van der Waals surface area contributed by atoms with Gasteiger partial charge in [-0.15, -0.1) is 0 Å². The van der Waals surface area contributed by atoms with Gasteiger partial charge in [-0.3, -0.25) is 3.83 Å². The van der Waals surface area contributed by atoms with Crippen LogP contribution in [0.4, 0.5) is 0 Å².